The Bertz CT molecular complexity index is 608. The highest BCUT2D eigenvalue weighted by Crippen LogP contribution is 2.41. The molecule has 0 spiro atoms. The number of rotatable bonds is 5. The summed E-state index contributed by atoms with van der Waals surface area (Å²) in [6.45, 7) is 3.59. The molecule has 7 nitrogen and oxygen atoms in total. The van der Waals surface area contributed by atoms with Crippen LogP contribution in [0.5, 0.6) is 11.5 Å². The molecule has 0 amide bonds. The van der Waals surface area contributed by atoms with Gasteiger partial charge >= 0.3 is 5.69 Å². The monoisotopic (exact) mass is 277 g/mol. The molecule has 0 saturated carbocycles. The molecule has 106 valence electrons. The van der Waals surface area contributed by atoms with Gasteiger partial charge in [-0.25, -0.2) is 4.98 Å². The van der Waals surface area contributed by atoms with Crippen molar-refractivity contribution < 1.29 is 14.4 Å². The number of nitrogens with zero attached hydrogens (tertiary/aromatic N) is 2. The molecule has 0 aliphatic rings. The summed E-state index contributed by atoms with van der Waals surface area (Å²) < 4.78 is 10.7. The van der Waals surface area contributed by atoms with Gasteiger partial charge in [0.05, 0.1) is 18.1 Å². The Labute approximate surface area is 115 Å². The maximum atomic E-state index is 11.2. The van der Waals surface area contributed by atoms with Crippen LogP contribution in [0.2, 0.25) is 0 Å². The Balaban J connectivity index is 2.60. The number of methoxy groups -OCH3 is 1. The number of nitro benzene ring substituents is 1. The standard InChI is InChI=1S/C13H15N3O4/c1-8(2)20-12-10(16(17)18)6-9(7-11(12)19-3)13-14-4-5-15-13/h4-8H,1-3H3,(H,14,15). The first-order valence-corrected chi connectivity index (χ1v) is 6.05. The van der Waals surface area contributed by atoms with E-state index in [-0.39, 0.29) is 17.5 Å². The minimum absolute atomic E-state index is 0.128. The molecule has 0 aliphatic carbocycles. The average molecular weight is 277 g/mol. The number of nitrogens with one attached hydrogen (secondary N) is 1. The zero-order valence-corrected chi connectivity index (χ0v) is 11.4. The molecule has 0 aliphatic heterocycles. The average Bonchev–Trinajstić information content (AvgIpc) is 2.91. The summed E-state index contributed by atoms with van der Waals surface area (Å²) in [4.78, 5) is 17.7. The second kappa shape index (κ2) is 5.60. The number of nitro groups is 1. The first kappa shape index (κ1) is 13.9. The van der Waals surface area contributed by atoms with Crippen LogP contribution in [0.15, 0.2) is 24.5 Å². The molecule has 2 aromatic rings. The lowest BCUT2D eigenvalue weighted by atomic mass is 10.1. The summed E-state index contributed by atoms with van der Waals surface area (Å²) in [7, 11) is 1.44. The van der Waals surface area contributed by atoms with Gasteiger partial charge in [-0.1, -0.05) is 0 Å². The van der Waals surface area contributed by atoms with Gasteiger partial charge in [0.25, 0.3) is 0 Å². The number of hydrogen-bond donors (Lipinski definition) is 1. The van der Waals surface area contributed by atoms with Crippen LogP contribution in [-0.4, -0.2) is 28.1 Å². The van der Waals surface area contributed by atoms with Crippen molar-refractivity contribution in [2.75, 3.05) is 7.11 Å². The van der Waals surface area contributed by atoms with Gasteiger partial charge in [-0.05, 0) is 19.9 Å². The van der Waals surface area contributed by atoms with Gasteiger partial charge < -0.3 is 14.5 Å². The fourth-order valence-electron chi connectivity index (χ4n) is 1.79. The summed E-state index contributed by atoms with van der Waals surface area (Å²) in [5.41, 5.74) is 0.416. The summed E-state index contributed by atoms with van der Waals surface area (Å²) >= 11 is 0. The highest BCUT2D eigenvalue weighted by atomic mass is 16.6. The molecule has 1 aromatic carbocycles. The Hall–Kier alpha value is -2.57. The molecule has 1 heterocycles. The normalized spacial score (nSPS) is 10.6. The van der Waals surface area contributed by atoms with Gasteiger partial charge in [0.15, 0.2) is 5.75 Å². The van der Waals surface area contributed by atoms with E-state index in [2.05, 4.69) is 9.97 Å². The van der Waals surface area contributed by atoms with Crippen LogP contribution in [0.4, 0.5) is 5.69 Å². The van der Waals surface area contributed by atoms with Crippen LogP contribution in [0, 0.1) is 10.1 Å². The third-order valence-corrected chi connectivity index (χ3v) is 2.58. The first-order valence-electron chi connectivity index (χ1n) is 6.05. The molecule has 0 atom stereocenters. The lowest BCUT2D eigenvalue weighted by Gasteiger charge is -2.14. The number of hydrogen-bond acceptors (Lipinski definition) is 5. The molecular formula is C13H15N3O4. The molecule has 0 bridgehead atoms. The summed E-state index contributed by atoms with van der Waals surface area (Å²) in [6.07, 6.45) is 3.02. The van der Waals surface area contributed by atoms with E-state index in [0.29, 0.717) is 17.1 Å². The van der Waals surface area contributed by atoms with Crippen molar-refractivity contribution in [2.24, 2.45) is 0 Å². The zero-order valence-electron chi connectivity index (χ0n) is 11.4. The Kier molecular flexibility index (Phi) is 3.88. The topological polar surface area (TPSA) is 90.3 Å². The van der Waals surface area contributed by atoms with Gasteiger partial charge in [-0.2, -0.15) is 0 Å². The lowest BCUT2D eigenvalue weighted by Crippen LogP contribution is -2.09. The molecule has 0 unspecified atom stereocenters. The Morgan fingerprint density at radius 1 is 1.40 bits per heavy atom. The fourth-order valence-corrected chi connectivity index (χ4v) is 1.79. The van der Waals surface area contributed by atoms with Gasteiger partial charge in [0, 0.05) is 24.0 Å². The highest BCUT2D eigenvalue weighted by molar-refractivity contribution is 5.69. The molecular weight excluding hydrogens is 262 g/mol. The largest absolute Gasteiger partial charge is 0.493 e. The van der Waals surface area contributed by atoms with Crippen molar-refractivity contribution in [3.63, 3.8) is 0 Å². The third kappa shape index (κ3) is 2.71. The third-order valence-electron chi connectivity index (χ3n) is 2.58. The van der Waals surface area contributed by atoms with E-state index in [1.807, 2.05) is 0 Å². The van der Waals surface area contributed by atoms with Crippen molar-refractivity contribution in [3.8, 4) is 22.9 Å². The number of ether oxygens (including phenoxy) is 2. The van der Waals surface area contributed by atoms with Crippen LogP contribution in [0.1, 0.15) is 13.8 Å². The van der Waals surface area contributed by atoms with E-state index in [1.165, 1.54) is 13.2 Å². The molecule has 2 rings (SSSR count). The molecule has 7 heteroatoms. The van der Waals surface area contributed by atoms with E-state index >= 15 is 0 Å². The summed E-state index contributed by atoms with van der Waals surface area (Å²) in [6, 6.07) is 3.07. The molecule has 1 N–H and O–H groups in total. The van der Waals surface area contributed by atoms with Gasteiger partial charge in [0.2, 0.25) is 5.75 Å². The maximum Gasteiger partial charge on any atom is 0.315 e. The fraction of sp³-hybridized carbons (Fsp3) is 0.308. The first-order chi connectivity index (χ1) is 9.52. The number of aromatic amines is 1. The quantitative estimate of drug-likeness (QED) is 0.670. The van der Waals surface area contributed by atoms with E-state index in [0.717, 1.165) is 0 Å². The Morgan fingerprint density at radius 3 is 2.65 bits per heavy atom. The van der Waals surface area contributed by atoms with Crippen molar-refractivity contribution >= 4 is 5.69 Å². The van der Waals surface area contributed by atoms with Gasteiger partial charge in [-0.15, -0.1) is 0 Å². The van der Waals surface area contributed by atoms with Gasteiger partial charge in [-0.3, -0.25) is 10.1 Å². The predicted molar refractivity (Wildman–Crippen MR) is 73.0 cm³/mol. The van der Waals surface area contributed by atoms with Crippen molar-refractivity contribution in [1.82, 2.24) is 9.97 Å². The second-order valence-electron chi connectivity index (χ2n) is 4.39. The van der Waals surface area contributed by atoms with Crippen LogP contribution >= 0.6 is 0 Å². The van der Waals surface area contributed by atoms with E-state index < -0.39 is 4.92 Å². The minimum atomic E-state index is -0.493. The molecule has 1 aromatic heterocycles. The zero-order chi connectivity index (χ0) is 14.7. The predicted octanol–water partition coefficient (Wildman–Crippen LogP) is 2.78. The minimum Gasteiger partial charge on any atom is -0.493 e. The lowest BCUT2D eigenvalue weighted by molar-refractivity contribution is -0.386. The van der Waals surface area contributed by atoms with Crippen molar-refractivity contribution in [1.29, 1.82) is 0 Å². The van der Waals surface area contributed by atoms with Crippen molar-refractivity contribution in [3.05, 3.63) is 34.6 Å². The van der Waals surface area contributed by atoms with Crippen molar-refractivity contribution in [2.45, 2.75) is 20.0 Å². The van der Waals surface area contributed by atoms with Crippen LogP contribution in [0.25, 0.3) is 11.4 Å². The molecule has 0 fully saturated rings. The van der Waals surface area contributed by atoms with Crippen LogP contribution in [0.3, 0.4) is 0 Å². The number of imidazole rings is 1. The maximum absolute atomic E-state index is 11.2. The molecule has 0 radical (unpaired) electrons. The highest BCUT2D eigenvalue weighted by Gasteiger charge is 2.24. The number of aromatic nitrogens is 2. The van der Waals surface area contributed by atoms with Crippen LogP contribution < -0.4 is 9.47 Å². The number of benzene rings is 1. The summed E-state index contributed by atoms with van der Waals surface area (Å²) in [5.74, 6) is 0.963. The van der Waals surface area contributed by atoms with E-state index in [4.69, 9.17) is 9.47 Å². The smallest absolute Gasteiger partial charge is 0.315 e. The van der Waals surface area contributed by atoms with Gasteiger partial charge in [0.1, 0.15) is 5.82 Å². The van der Waals surface area contributed by atoms with E-state index in [1.54, 1.807) is 32.3 Å². The molecule has 0 saturated heterocycles. The Morgan fingerprint density at radius 2 is 2.15 bits per heavy atom. The van der Waals surface area contributed by atoms with E-state index in [9.17, 15) is 10.1 Å². The number of H-pyrrole nitrogens is 1. The van der Waals surface area contributed by atoms with Crippen LogP contribution in [-0.2, 0) is 0 Å². The molecule has 20 heavy (non-hydrogen) atoms. The summed E-state index contributed by atoms with van der Waals surface area (Å²) in [5, 5.41) is 11.2. The second-order valence-corrected chi connectivity index (χ2v) is 4.39. The SMILES string of the molecule is COc1cc(-c2ncc[nH]2)cc([N+](=O)[O-])c1OC(C)C.